The Bertz CT molecular complexity index is 393. The van der Waals surface area contributed by atoms with Gasteiger partial charge >= 0.3 is 0 Å². The molecule has 2 heterocycles. The second-order valence-electron chi connectivity index (χ2n) is 3.82. The lowest BCUT2D eigenvalue weighted by molar-refractivity contribution is -0.129. The van der Waals surface area contributed by atoms with Crippen LogP contribution in [-0.4, -0.2) is 48.5 Å². The zero-order valence-corrected chi connectivity index (χ0v) is 11.0. The van der Waals surface area contributed by atoms with E-state index in [0.29, 0.717) is 5.82 Å². The summed E-state index contributed by atoms with van der Waals surface area (Å²) in [6, 6.07) is 3.73. The molecule has 0 spiro atoms. The number of pyridine rings is 1. The number of halogens is 1. The fourth-order valence-corrected chi connectivity index (χ4v) is 2.10. The lowest BCUT2D eigenvalue weighted by Crippen LogP contribution is -2.48. The highest BCUT2D eigenvalue weighted by Crippen LogP contribution is 2.17. The average molecular weight is 299 g/mol. The van der Waals surface area contributed by atoms with Crippen molar-refractivity contribution in [3.05, 3.63) is 22.8 Å². The molecule has 1 aliphatic rings. The maximum absolute atomic E-state index is 11.9. The Kier molecular flexibility index (Phi) is 4.33. The van der Waals surface area contributed by atoms with Gasteiger partial charge in [0, 0.05) is 32.4 Å². The number of anilines is 1. The number of nitrogens with zero attached hydrogens (tertiary/aromatic N) is 2. The van der Waals surface area contributed by atoms with Crippen molar-refractivity contribution in [3.63, 3.8) is 0 Å². The number of piperazine rings is 1. The number of carbonyl (C=O) groups excluding carboxylic acids is 1. The zero-order valence-electron chi connectivity index (χ0n) is 9.45. The molecule has 17 heavy (non-hydrogen) atoms. The third kappa shape index (κ3) is 3.41. The first-order valence-electron chi connectivity index (χ1n) is 5.60. The molecule has 0 unspecified atom stereocenters. The molecule has 92 valence electrons. The highest BCUT2D eigenvalue weighted by molar-refractivity contribution is 9.10. The van der Waals surface area contributed by atoms with Crippen LogP contribution in [-0.2, 0) is 4.79 Å². The van der Waals surface area contributed by atoms with Crippen LogP contribution in [0, 0.1) is 0 Å². The van der Waals surface area contributed by atoms with E-state index in [0.717, 1.165) is 30.7 Å². The molecule has 6 heteroatoms. The predicted molar refractivity (Wildman–Crippen MR) is 69.9 cm³/mol. The molecule has 0 atom stereocenters. The maximum Gasteiger partial charge on any atom is 0.242 e. The van der Waals surface area contributed by atoms with Gasteiger partial charge in [-0.3, -0.25) is 4.79 Å². The smallest absolute Gasteiger partial charge is 0.242 e. The largest absolute Gasteiger partial charge is 0.360 e. The Hall–Kier alpha value is -1.14. The van der Waals surface area contributed by atoms with E-state index in [1.807, 2.05) is 17.0 Å². The predicted octanol–water partition coefficient (Wildman–Crippen LogP) is 0.688. The van der Waals surface area contributed by atoms with Crippen LogP contribution in [0.2, 0.25) is 0 Å². The summed E-state index contributed by atoms with van der Waals surface area (Å²) in [5, 5.41) is 6.26. The summed E-state index contributed by atoms with van der Waals surface area (Å²) < 4.78 is 0.869. The van der Waals surface area contributed by atoms with Gasteiger partial charge in [-0.1, -0.05) is 0 Å². The fourth-order valence-electron chi connectivity index (χ4n) is 1.70. The van der Waals surface area contributed by atoms with E-state index >= 15 is 0 Å². The van der Waals surface area contributed by atoms with Crippen molar-refractivity contribution < 1.29 is 4.79 Å². The van der Waals surface area contributed by atoms with Crippen LogP contribution >= 0.6 is 15.9 Å². The van der Waals surface area contributed by atoms with Crippen LogP contribution in [0.3, 0.4) is 0 Å². The van der Waals surface area contributed by atoms with Gasteiger partial charge in [0.2, 0.25) is 5.91 Å². The lowest BCUT2D eigenvalue weighted by Gasteiger charge is -2.27. The number of carbonyl (C=O) groups is 1. The second kappa shape index (κ2) is 5.97. The minimum absolute atomic E-state index is 0.115. The van der Waals surface area contributed by atoms with Gasteiger partial charge in [0.25, 0.3) is 0 Å². The zero-order chi connectivity index (χ0) is 12.1. The van der Waals surface area contributed by atoms with Gasteiger partial charge in [-0.15, -0.1) is 0 Å². The molecule has 1 amide bonds. The molecule has 0 radical (unpaired) electrons. The normalized spacial score (nSPS) is 15.7. The third-order valence-electron chi connectivity index (χ3n) is 2.64. The quantitative estimate of drug-likeness (QED) is 0.862. The van der Waals surface area contributed by atoms with E-state index in [2.05, 4.69) is 31.5 Å². The summed E-state index contributed by atoms with van der Waals surface area (Å²) >= 11 is 3.38. The standard InChI is InChI=1S/C11H15BrN4O/c12-9-2-1-3-14-11(9)15-8-10(17)16-6-4-13-5-7-16/h1-3,13H,4-8H2,(H,14,15). The van der Waals surface area contributed by atoms with Crippen molar-refractivity contribution in [2.75, 3.05) is 38.0 Å². The third-order valence-corrected chi connectivity index (χ3v) is 3.28. The van der Waals surface area contributed by atoms with E-state index in [9.17, 15) is 4.79 Å². The molecular formula is C11H15BrN4O. The van der Waals surface area contributed by atoms with Crippen LogP contribution < -0.4 is 10.6 Å². The first-order valence-corrected chi connectivity index (χ1v) is 6.39. The molecule has 5 nitrogen and oxygen atoms in total. The number of aromatic nitrogens is 1. The molecule has 1 aromatic heterocycles. The molecule has 1 aliphatic heterocycles. The number of hydrogen-bond donors (Lipinski definition) is 2. The van der Waals surface area contributed by atoms with Gasteiger partial charge in [0.15, 0.2) is 0 Å². The average Bonchev–Trinajstić information content (AvgIpc) is 2.38. The van der Waals surface area contributed by atoms with E-state index in [1.165, 1.54) is 0 Å². The van der Waals surface area contributed by atoms with Crippen molar-refractivity contribution in [2.45, 2.75) is 0 Å². The molecule has 1 aromatic rings. The Morgan fingerprint density at radius 1 is 1.53 bits per heavy atom. The highest BCUT2D eigenvalue weighted by Gasteiger charge is 2.15. The van der Waals surface area contributed by atoms with Crippen molar-refractivity contribution in [3.8, 4) is 0 Å². The molecule has 1 fully saturated rings. The Morgan fingerprint density at radius 2 is 2.29 bits per heavy atom. The van der Waals surface area contributed by atoms with Gasteiger partial charge < -0.3 is 15.5 Å². The van der Waals surface area contributed by atoms with Crippen LogP contribution in [0.15, 0.2) is 22.8 Å². The van der Waals surface area contributed by atoms with Crippen LogP contribution in [0.5, 0.6) is 0 Å². The SMILES string of the molecule is O=C(CNc1ncccc1Br)N1CCNCC1. The summed E-state index contributed by atoms with van der Waals surface area (Å²) in [4.78, 5) is 17.9. The first kappa shape index (κ1) is 12.3. The summed E-state index contributed by atoms with van der Waals surface area (Å²) in [6.07, 6.45) is 1.70. The first-order chi connectivity index (χ1) is 8.27. The molecule has 0 aliphatic carbocycles. The van der Waals surface area contributed by atoms with Gasteiger partial charge in [0.05, 0.1) is 11.0 Å². The number of hydrogen-bond acceptors (Lipinski definition) is 4. The maximum atomic E-state index is 11.9. The summed E-state index contributed by atoms with van der Waals surface area (Å²) in [5.74, 6) is 0.819. The second-order valence-corrected chi connectivity index (χ2v) is 4.67. The van der Waals surface area contributed by atoms with Crippen LogP contribution in [0.4, 0.5) is 5.82 Å². The van der Waals surface area contributed by atoms with E-state index in [-0.39, 0.29) is 12.5 Å². The Morgan fingerprint density at radius 3 is 3.00 bits per heavy atom. The molecule has 0 saturated carbocycles. The van der Waals surface area contributed by atoms with E-state index < -0.39 is 0 Å². The molecule has 2 N–H and O–H groups in total. The van der Waals surface area contributed by atoms with E-state index in [1.54, 1.807) is 6.20 Å². The highest BCUT2D eigenvalue weighted by atomic mass is 79.9. The van der Waals surface area contributed by atoms with Crippen molar-refractivity contribution >= 4 is 27.7 Å². The Balaban J connectivity index is 1.85. The van der Waals surface area contributed by atoms with Gasteiger partial charge in [-0.25, -0.2) is 4.98 Å². The number of amides is 1. The number of nitrogens with one attached hydrogen (secondary N) is 2. The minimum atomic E-state index is 0.115. The summed E-state index contributed by atoms with van der Waals surface area (Å²) in [5.41, 5.74) is 0. The fraction of sp³-hybridized carbons (Fsp3) is 0.455. The van der Waals surface area contributed by atoms with Crippen molar-refractivity contribution in [1.29, 1.82) is 0 Å². The van der Waals surface area contributed by atoms with Crippen molar-refractivity contribution in [1.82, 2.24) is 15.2 Å². The van der Waals surface area contributed by atoms with Gasteiger partial charge in [-0.05, 0) is 28.1 Å². The summed E-state index contributed by atoms with van der Waals surface area (Å²) in [7, 11) is 0. The van der Waals surface area contributed by atoms with Gasteiger partial charge in [0.1, 0.15) is 5.82 Å². The van der Waals surface area contributed by atoms with Crippen molar-refractivity contribution in [2.24, 2.45) is 0 Å². The monoisotopic (exact) mass is 298 g/mol. The van der Waals surface area contributed by atoms with Crippen LogP contribution in [0.25, 0.3) is 0 Å². The van der Waals surface area contributed by atoms with Crippen LogP contribution in [0.1, 0.15) is 0 Å². The van der Waals surface area contributed by atoms with E-state index in [4.69, 9.17) is 0 Å². The molecule has 0 bridgehead atoms. The topological polar surface area (TPSA) is 57.3 Å². The molecule has 0 aromatic carbocycles. The Labute approximate surface area is 109 Å². The minimum Gasteiger partial charge on any atom is -0.360 e. The number of rotatable bonds is 3. The molecule has 2 rings (SSSR count). The summed E-state index contributed by atoms with van der Waals surface area (Å²) in [6.45, 7) is 3.60. The lowest BCUT2D eigenvalue weighted by atomic mass is 10.3. The van der Waals surface area contributed by atoms with Gasteiger partial charge in [-0.2, -0.15) is 0 Å². The molecule has 1 saturated heterocycles. The molecular weight excluding hydrogens is 284 g/mol.